The molecule has 0 saturated heterocycles. The molecule has 1 heterocycles. The number of ketones is 1. The number of pyridine rings is 1. The lowest BCUT2D eigenvalue weighted by atomic mass is 9.83. The van der Waals surface area contributed by atoms with Gasteiger partial charge < -0.3 is 4.74 Å². The Balaban J connectivity index is 3.13. The minimum Gasteiger partial charge on any atom is -0.489 e. The molecule has 0 aliphatic rings. The molecule has 0 aliphatic heterocycles. The number of aromatic nitrogens is 1. The maximum Gasteiger partial charge on any atom is 0.184 e. The first kappa shape index (κ1) is 16.6. The van der Waals surface area contributed by atoms with Crippen LogP contribution in [0.4, 0.5) is 0 Å². The van der Waals surface area contributed by atoms with Crippen molar-refractivity contribution < 1.29 is 9.53 Å². The second-order valence-corrected chi connectivity index (χ2v) is 5.54. The highest BCUT2D eigenvalue weighted by atomic mass is 16.5. The Morgan fingerprint density at radius 3 is 2.35 bits per heavy atom. The summed E-state index contributed by atoms with van der Waals surface area (Å²) in [7, 11) is 3.90. The molecule has 0 radical (unpaired) electrons. The summed E-state index contributed by atoms with van der Waals surface area (Å²) >= 11 is 0. The molecule has 0 N–H and O–H groups in total. The zero-order valence-electron chi connectivity index (χ0n) is 13.4. The number of nitrogens with zero attached hydrogens (tertiary/aromatic N) is 2. The predicted molar refractivity (Wildman–Crippen MR) is 81.3 cm³/mol. The van der Waals surface area contributed by atoms with Gasteiger partial charge in [-0.25, -0.2) is 0 Å². The van der Waals surface area contributed by atoms with E-state index in [9.17, 15) is 4.79 Å². The van der Waals surface area contributed by atoms with Gasteiger partial charge in [0.05, 0.1) is 17.8 Å². The average Bonchev–Trinajstić information content (AvgIpc) is 2.39. The van der Waals surface area contributed by atoms with Gasteiger partial charge in [-0.05, 0) is 46.9 Å². The van der Waals surface area contributed by atoms with Crippen LogP contribution in [0.3, 0.4) is 0 Å². The van der Waals surface area contributed by atoms with Crippen LogP contribution >= 0.6 is 0 Å². The second-order valence-electron chi connectivity index (χ2n) is 5.54. The Labute approximate surface area is 122 Å². The minimum atomic E-state index is -0.474. The molecule has 4 heteroatoms. The Morgan fingerprint density at radius 1 is 1.30 bits per heavy atom. The summed E-state index contributed by atoms with van der Waals surface area (Å²) in [6, 6.07) is 1.79. The van der Waals surface area contributed by atoms with Gasteiger partial charge in [0.2, 0.25) is 0 Å². The first-order chi connectivity index (χ1) is 9.37. The number of likely N-dealkylation sites (N-methyl/N-ethyl adjacent to an activating group) is 1. The van der Waals surface area contributed by atoms with Crippen LogP contribution in [0.15, 0.2) is 18.5 Å². The maximum absolute atomic E-state index is 12.9. The van der Waals surface area contributed by atoms with Gasteiger partial charge in [-0.2, -0.15) is 0 Å². The monoisotopic (exact) mass is 278 g/mol. The quantitative estimate of drug-likeness (QED) is 0.718. The fraction of sp³-hybridized carbons (Fsp3) is 0.625. The topological polar surface area (TPSA) is 42.4 Å². The molecular weight excluding hydrogens is 252 g/mol. The molecule has 112 valence electrons. The molecule has 1 aromatic heterocycles. The summed E-state index contributed by atoms with van der Waals surface area (Å²) in [5, 5.41) is 0. The first-order valence-electron chi connectivity index (χ1n) is 7.21. The zero-order valence-corrected chi connectivity index (χ0v) is 13.4. The van der Waals surface area contributed by atoms with Gasteiger partial charge in [0.1, 0.15) is 5.75 Å². The Kier molecular flexibility index (Phi) is 5.69. The van der Waals surface area contributed by atoms with Crippen LogP contribution in [-0.4, -0.2) is 41.4 Å². The fourth-order valence-electron chi connectivity index (χ4n) is 2.55. The number of Topliss-reactive ketones (excluding diaryl/α,β-unsaturated/α-hetero) is 1. The van der Waals surface area contributed by atoms with Crippen molar-refractivity contribution in [2.24, 2.45) is 0 Å². The first-order valence-corrected chi connectivity index (χ1v) is 7.21. The van der Waals surface area contributed by atoms with Crippen molar-refractivity contribution in [1.29, 1.82) is 0 Å². The fourth-order valence-corrected chi connectivity index (χ4v) is 2.55. The number of hydrogen-bond donors (Lipinski definition) is 0. The number of hydrogen-bond acceptors (Lipinski definition) is 4. The van der Waals surface area contributed by atoms with Gasteiger partial charge >= 0.3 is 0 Å². The second kappa shape index (κ2) is 6.84. The third-order valence-electron chi connectivity index (χ3n) is 3.80. The van der Waals surface area contributed by atoms with Crippen LogP contribution in [0.25, 0.3) is 0 Å². The number of carbonyl (C=O) groups excluding carboxylic acids is 1. The van der Waals surface area contributed by atoms with Crippen molar-refractivity contribution in [2.75, 3.05) is 14.1 Å². The molecule has 1 rings (SSSR count). The van der Waals surface area contributed by atoms with Crippen molar-refractivity contribution in [3.05, 3.63) is 24.0 Å². The van der Waals surface area contributed by atoms with Crippen LogP contribution in [-0.2, 0) is 0 Å². The summed E-state index contributed by atoms with van der Waals surface area (Å²) in [4.78, 5) is 19.0. The van der Waals surface area contributed by atoms with E-state index in [1.54, 1.807) is 18.5 Å². The number of rotatable bonds is 7. The molecule has 0 saturated carbocycles. The highest BCUT2D eigenvalue weighted by molar-refractivity contribution is 6.03. The van der Waals surface area contributed by atoms with E-state index in [1.165, 1.54) is 0 Å². The molecule has 0 aliphatic carbocycles. The standard InChI is InChI=1S/C16H26N2O2/c1-7-16(8-2,18(5)6)15(19)13-9-14(11-17-10-13)20-12(3)4/h9-12H,7-8H2,1-6H3. The highest BCUT2D eigenvalue weighted by Crippen LogP contribution is 2.27. The molecule has 1 aromatic rings. The van der Waals surface area contributed by atoms with E-state index in [1.807, 2.05) is 46.7 Å². The molecule has 0 amide bonds. The van der Waals surface area contributed by atoms with E-state index >= 15 is 0 Å². The van der Waals surface area contributed by atoms with Crippen molar-refractivity contribution in [3.63, 3.8) is 0 Å². The largest absolute Gasteiger partial charge is 0.489 e. The van der Waals surface area contributed by atoms with Gasteiger partial charge in [0, 0.05) is 11.8 Å². The summed E-state index contributed by atoms with van der Waals surface area (Å²) in [5.41, 5.74) is 0.138. The molecule has 0 fully saturated rings. The lowest BCUT2D eigenvalue weighted by Crippen LogP contribution is -2.50. The Bertz CT molecular complexity index is 452. The molecule has 0 aromatic carbocycles. The van der Waals surface area contributed by atoms with Crippen molar-refractivity contribution in [2.45, 2.75) is 52.2 Å². The van der Waals surface area contributed by atoms with E-state index < -0.39 is 5.54 Å². The van der Waals surface area contributed by atoms with Gasteiger partial charge in [-0.15, -0.1) is 0 Å². The summed E-state index contributed by atoms with van der Waals surface area (Å²) in [5.74, 6) is 0.750. The van der Waals surface area contributed by atoms with E-state index in [-0.39, 0.29) is 11.9 Å². The van der Waals surface area contributed by atoms with E-state index in [0.717, 1.165) is 12.8 Å². The van der Waals surface area contributed by atoms with Crippen LogP contribution in [0.1, 0.15) is 50.9 Å². The molecule has 0 spiro atoms. The van der Waals surface area contributed by atoms with Crippen molar-refractivity contribution in [3.8, 4) is 5.75 Å². The summed E-state index contributed by atoms with van der Waals surface area (Å²) in [6.07, 6.45) is 4.87. The molecule has 0 bridgehead atoms. The minimum absolute atomic E-state index is 0.0677. The van der Waals surface area contributed by atoms with Gasteiger partial charge in [0.15, 0.2) is 5.78 Å². The molecule has 4 nitrogen and oxygen atoms in total. The van der Waals surface area contributed by atoms with Crippen molar-refractivity contribution >= 4 is 5.78 Å². The lowest BCUT2D eigenvalue weighted by Gasteiger charge is -2.37. The Hall–Kier alpha value is -1.42. The zero-order chi connectivity index (χ0) is 15.3. The molecule has 0 atom stereocenters. The van der Waals surface area contributed by atoms with Crippen LogP contribution < -0.4 is 4.74 Å². The summed E-state index contributed by atoms with van der Waals surface area (Å²) < 4.78 is 5.62. The molecular formula is C16H26N2O2. The van der Waals surface area contributed by atoms with Crippen LogP contribution in [0.2, 0.25) is 0 Å². The van der Waals surface area contributed by atoms with E-state index in [2.05, 4.69) is 4.98 Å². The highest BCUT2D eigenvalue weighted by Gasteiger charge is 2.37. The van der Waals surface area contributed by atoms with Crippen LogP contribution in [0, 0.1) is 0 Å². The average molecular weight is 278 g/mol. The lowest BCUT2D eigenvalue weighted by molar-refractivity contribution is 0.0655. The molecule has 0 unspecified atom stereocenters. The van der Waals surface area contributed by atoms with Crippen molar-refractivity contribution in [1.82, 2.24) is 9.88 Å². The molecule has 20 heavy (non-hydrogen) atoms. The number of ether oxygens (including phenoxy) is 1. The predicted octanol–water partition coefficient (Wildman–Crippen LogP) is 3.17. The third-order valence-corrected chi connectivity index (χ3v) is 3.80. The third kappa shape index (κ3) is 3.37. The Morgan fingerprint density at radius 2 is 1.90 bits per heavy atom. The normalized spacial score (nSPS) is 12.0. The smallest absolute Gasteiger partial charge is 0.184 e. The van der Waals surface area contributed by atoms with Crippen LogP contribution in [0.5, 0.6) is 5.75 Å². The van der Waals surface area contributed by atoms with Gasteiger partial charge in [-0.1, -0.05) is 13.8 Å². The number of carbonyl (C=O) groups is 1. The van der Waals surface area contributed by atoms with E-state index in [0.29, 0.717) is 11.3 Å². The maximum atomic E-state index is 12.9. The summed E-state index contributed by atoms with van der Waals surface area (Å²) in [6.45, 7) is 8.00. The van der Waals surface area contributed by atoms with E-state index in [4.69, 9.17) is 4.74 Å². The van der Waals surface area contributed by atoms with Gasteiger partial charge in [0.25, 0.3) is 0 Å². The van der Waals surface area contributed by atoms with Gasteiger partial charge in [-0.3, -0.25) is 14.7 Å². The SMILES string of the molecule is CCC(CC)(C(=O)c1cncc(OC(C)C)c1)N(C)C.